The SMILES string of the molecule is COC(=O)CN(CCS(=O)(=O)c1ccc(Cl)cc1)C(C)C. The van der Waals surface area contributed by atoms with Gasteiger partial charge in [0.05, 0.1) is 24.3 Å². The molecule has 0 bridgehead atoms. The second-order valence-corrected chi connectivity index (χ2v) is 7.46. The van der Waals surface area contributed by atoms with Gasteiger partial charge in [0.1, 0.15) is 0 Å². The van der Waals surface area contributed by atoms with Crippen LogP contribution in [0.15, 0.2) is 29.2 Å². The first-order valence-corrected chi connectivity index (χ1v) is 8.58. The van der Waals surface area contributed by atoms with E-state index in [0.29, 0.717) is 5.02 Å². The Labute approximate surface area is 130 Å². The Kier molecular flexibility index (Phi) is 6.64. The molecule has 0 atom stereocenters. The van der Waals surface area contributed by atoms with Gasteiger partial charge in [-0.15, -0.1) is 0 Å². The van der Waals surface area contributed by atoms with Crippen molar-refractivity contribution in [3.63, 3.8) is 0 Å². The van der Waals surface area contributed by atoms with Crippen LogP contribution in [-0.4, -0.2) is 51.3 Å². The predicted molar refractivity (Wildman–Crippen MR) is 82.2 cm³/mol. The van der Waals surface area contributed by atoms with Crippen molar-refractivity contribution in [1.29, 1.82) is 0 Å². The van der Waals surface area contributed by atoms with E-state index in [4.69, 9.17) is 11.6 Å². The third-order valence-corrected chi connectivity index (χ3v) is 5.07. The quantitative estimate of drug-likeness (QED) is 0.714. The summed E-state index contributed by atoms with van der Waals surface area (Å²) < 4.78 is 29.1. The third kappa shape index (κ3) is 5.65. The monoisotopic (exact) mass is 333 g/mol. The maximum Gasteiger partial charge on any atom is 0.319 e. The summed E-state index contributed by atoms with van der Waals surface area (Å²) in [5.41, 5.74) is 0. The zero-order chi connectivity index (χ0) is 16.0. The summed E-state index contributed by atoms with van der Waals surface area (Å²) in [7, 11) is -2.09. The molecule has 0 aromatic heterocycles. The third-order valence-electron chi connectivity index (χ3n) is 3.11. The lowest BCUT2D eigenvalue weighted by Crippen LogP contribution is -2.39. The Bertz CT molecular complexity index is 569. The molecule has 0 unspecified atom stereocenters. The molecule has 0 saturated heterocycles. The Morgan fingerprint density at radius 1 is 1.29 bits per heavy atom. The highest BCUT2D eigenvalue weighted by molar-refractivity contribution is 7.91. The number of ether oxygens (including phenoxy) is 1. The van der Waals surface area contributed by atoms with Gasteiger partial charge >= 0.3 is 5.97 Å². The summed E-state index contributed by atoms with van der Waals surface area (Å²) in [4.78, 5) is 13.3. The highest BCUT2D eigenvalue weighted by Crippen LogP contribution is 2.15. The molecule has 7 heteroatoms. The van der Waals surface area contributed by atoms with Crippen molar-refractivity contribution in [2.24, 2.45) is 0 Å². The van der Waals surface area contributed by atoms with E-state index in [0.717, 1.165) is 0 Å². The summed E-state index contributed by atoms with van der Waals surface area (Å²) in [6, 6.07) is 6.10. The van der Waals surface area contributed by atoms with E-state index in [1.807, 2.05) is 13.8 Å². The van der Waals surface area contributed by atoms with Crippen LogP contribution in [0, 0.1) is 0 Å². The van der Waals surface area contributed by atoms with Gasteiger partial charge < -0.3 is 4.74 Å². The van der Waals surface area contributed by atoms with Crippen LogP contribution in [0.2, 0.25) is 5.02 Å². The second kappa shape index (κ2) is 7.77. The van der Waals surface area contributed by atoms with Crippen LogP contribution in [0.25, 0.3) is 0 Å². The molecule has 0 aliphatic carbocycles. The average Bonchev–Trinajstić information content (AvgIpc) is 2.43. The van der Waals surface area contributed by atoms with E-state index in [-0.39, 0.29) is 35.7 Å². The number of sulfone groups is 1. The molecule has 0 aliphatic heterocycles. The highest BCUT2D eigenvalue weighted by Gasteiger charge is 2.20. The van der Waals surface area contributed by atoms with Crippen molar-refractivity contribution in [2.45, 2.75) is 24.8 Å². The van der Waals surface area contributed by atoms with Crippen LogP contribution in [0.1, 0.15) is 13.8 Å². The zero-order valence-electron chi connectivity index (χ0n) is 12.4. The van der Waals surface area contributed by atoms with Crippen LogP contribution in [0.4, 0.5) is 0 Å². The van der Waals surface area contributed by atoms with Gasteiger partial charge in [-0.1, -0.05) is 11.6 Å². The number of hydrogen-bond acceptors (Lipinski definition) is 5. The molecule has 118 valence electrons. The number of hydrogen-bond donors (Lipinski definition) is 0. The van der Waals surface area contributed by atoms with Gasteiger partial charge in [-0.2, -0.15) is 0 Å². The lowest BCUT2D eigenvalue weighted by molar-refractivity contribution is -0.142. The van der Waals surface area contributed by atoms with Crippen LogP contribution < -0.4 is 0 Å². The number of halogens is 1. The second-order valence-electron chi connectivity index (χ2n) is 4.91. The maximum atomic E-state index is 12.2. The molecular formula is C14H20ClNO4S. The van der Waals surface area contributed by atoms with Crippen molar-refractivity contribution < 1.29 is 17.9 Å². The molecule has 0 N–H and O–H groups in total. The Morgan fingerprint density at radius 3 is 2.33 bits per heavy atom. The molecule has 1 aromatic carbocycles. The molecule has 0 radical (unpaired) electrons. The summed E-state index contributed by atoms with van der Waals surface area (Å²) in [6.07, 6.45) is 0. The van der Waals surface area contributed by atoms with E-state index in [1.165, 1.54) is 19.2 Å². The molecule has 21 heavy (non-hydrogen) atoms. The first-order valence-electron chi connectivity index (χ1n) is 6.55. The van der Waals surface area contributed by atoms with Crippen LogP contribution in [-0.2, 0) is 19.4 Å². The molecule has 0 heterocycles. The van der Waals surface area contributed by atoms with E-state index in [1.54, 1.807) is 17.0 Å². The largest absolute Gasteiger partial charge is 0.468 e. The highest BCUT2D eigenvalue weighted by atomic mass is 35.5. The van der Waals surface area contributed by atoms with Crippen LogP contribution >= 0.6 is 11.6 Å². The molecular weight excluding hydrogens is 314 g/mol. The van der Waals surface area contributed by atoms with Crippen molar-refractivity contribution in [2.75, 3.05) is 26.0 Å². The Morgan fingerprint density at radius 2 is 1.86 bits per heavy atom. The molecule has 0 amide bonds. The lowest BCUT2D eigenvalue weighted by Gasteiger charge is -2.24. The minimum absolute atomic E-state index is 0.0458. The number of carbonyl (C=O) groups is 1. The standard InChI is InChI=1S/C14H20ClNO4S/c1-11(2)16(10-14(17)20-3)8-9-21(18,19)13-6-4-12(15)5-7-13/h4-7,11H,8-10H2,1-3H3. The summed E-state index contributed by atoms with van der Waals surface area (Å²) in [6.45, 7) is 4.14. The zero-order valence-corrected chi connectivity index (χ0v) is 13.9. The molecule has 0 aliphatic rings. The molecule has 5 nitrogen and oxygen atoms in total. The van der Waals surface area contributed by atoms with Crippen molar-refractivity contribution >= 4 is 27.4 Å². The molecule has 1 rings (SSSR count). The Balaban J connectivity index is 2.74. The lowest BCUT2D eigenvalue weighted by atomic mass is 10.3. The fraction of sp³-hybridized carbons (Fsp3) is 0.500. The predicted octanol–water partition coefficient (Wildman–Crippen LogP) is 2.00. The van der Waals surface area contributed by atoms with Gasteiger partial charge in [0.25, 0.3) is 0 Å². The van der Waals surface area contributed by atoms with E-state index in [2.05, 4.69) is 4.74 Å². The van der Waals surface area contributed by atoms with Crippen molar-refractivity contribution in [3.05, 3.63) is 29.3 Å². The summed E-state index contributed by atoms with van der Waals surface area (Å²) in [5.74, 6) is -0.448. The van der Waals surface area contributed by atoms with Gasteiger partial charge in [0, 0.05) is 17.6 Å². The van der Waals surface area contributed by atoms with Crippen LogP contribution in [0.3, 0.4) is 0 Å². The van der Waals surface area contributed by atoms with Gasteiger partial charge in [-0.25, -0.2) is 8.42 Å². The Hall–Kier alpha value is -1.11. The average molecular weight is 334 g/mol. The minimum atomic E-state index is -3.40. The summed E-state index contributed by atoms with van der Waals surface area (Å²) in [5, 5.41) is 0.489. The molecule has 0 fully saturated rings. The smallest absolute Gasteiger partial charge is 0.319 e. The van der Waals surface area contributed by atoms with Crippen molar-refractivity contribution in [1.82, 2.24) is 4.90 Å². The molecule has 1 aromatic rings. The van der Waals surface area contributed by atoms with Crippen molar-refractivity contribution in [3.8, 4) is 0 Å². The van der Waals surface area contributed by atoms with E-state index >= 15 is 0 Å². The van der Waals surface area contributed by atoms with Gasteiger partial charge in [-0.3, -0.25) is 9.69 Å². The number of nitrogens with zero attached hydrogens (tertiary/aromatic N) is 1. The van der Waals surface area contributed by atoms with Crippen LogP contribution in [0.5, 0.6) is 0 Å². The first kappa shape index (κ1) is 17.9. The number of rotatable bonds is 7. The molecule has 0 spiro atoms. The topological polar surface area (TPSA) is 63.7 Å². The number of methoxy groups -OCH3 is 1. The fourth-order valence-corrected chi connectivity index (χ4v) is 3.13. The number of benzene rings is 1. The van der Waals surface area contributed by atoms with E-state index < -0.39 is 9.84 Å². The number of carbonyl (C=O) groups excluding carboxylic acids is 1. The fourth-order valence-electron chi connectivity index (χ4n) is 1.75. The number of esters is 1. The van der Waals surface area contributed by atoms with Gasteiger partial charge in [0.15, 0.2) is 9.84 Å². The molecule has 0 saturated carbocycles. The normalized spacial score (nSPS) is 11.9. The minimum Gasteiger partial charge on any atom is -0.468 e. The van der Waals surface area contributed by atoms with E-state index in [9.17, 15) is 13.2 Å². The first-order chi connectivity index (χ1) is 9.76. The summed E-state index contributed by atoms with van der Waals surface area (Å²) >= 11 is 5.75. The van der Waals surface area contributed by atoms with Gasteiger partial charge in [0.2, 0.25) is 0 Å². The van der Waals surface area contributed by atoms with Gasteiger partial charge in [-0.05, 0) is 38.1 Å². The maximum absolute atomic E-state index is 12.2.